The van der Waals surface area contributed by atoms with Crippen molar-refractivity contribution in [2.45, 2.75) is 25.1 Å². The zero-order valence-corrected chi connectivity index (χ0v) is 13.7. The summed E-state index contributed by atoms with van der Waals surface area (Å²) in [5.41, 5.74) is 0.0543. The molecule has 1 fully saturated rings. The summed E-state index contributed by atoms with van der Waals surface area (Å²) >= 11 is 3.20. The SMILES string of the molecule is CN(C(=O)C1CCOCC1)[C@@H](c1ccc(Br)cc1)C(F)(F)F. The first-order valence-electron chi connectivity index (χ1n) is 6.97. The van der Waals surface area contributed by atoms with Crippen molar-refractivity contribution in [1.29, 1.82) is 0 Å². The molecule has 1 heterocycles. The predicted molar refractivity (Wildman–Crippen MR) is 79.3 cm³/mol. The molecule has 1 aliphatic rings. The van der Waals surface area contributed by atoms with Crippen LogP contribution in [0.4, 0.5) is 13.2 Å². The van der Waals surface area contributed by atoms with E-state index in [-0.39, 0.29) is 5.56 Å². The van der Waals surface area contributed by atoms with Crippen LogP contribution in [0.2, 0.25) is 0 Å². The first-order valence-corrected chi connectivity index (χ1v) is 7.76. The molecule has 0 spiro atoms. The lowest BCUT2D eigenvalue weighted by molar-refractivity contribution is -0.191. The highest BCUT2D eigenvalue weighted by molar-refractivity contribution is 9.10. The maximum Gasteiger partial charge on any atom is 0.413 e. The summed E-state index contributed by atoms with van der Waals surface area (Å²) in [7, 11) is 1.22. The Morgan fingerprint density at radius 1 is 1.27 bits per heavy atom. The molecule has 2 rings (SSSR count). The van der Waals surface area contributed by atoms with Crippen molar-refractivity contribution in [2.24, 2.45) is 5.92 Å². The molecule has 1 atom stereocenters. The van der Waals surface area contributed by atoms with E-state index in [1.165, 1.54) is 19.2 Å². The second kappa shape index (κ2) is 7.00. The van der Waals surface area contributed by atoms with Crippen LogP contribution in [0.25, 0.3) is 0 Å². The van der Waals surface area contributed by atoms with Crippen molar-refractivity contribution < 1.29 is 22.7 Å². The van der Waals surface area contributed by atoms with Gasteiger partial charge >= 0.3 is 6.18 Å². The molecule has 3 nitrogen and oxygen atoms in total. The number of amides is 1. The van der Waals surface area contributed by atoms with Gasteiger partial charge < -0.3 is 9.64 Å². The van der Waals surface area contributed by atoms with Crippen LogP contribution in [0, 0.1) is 5.92 Å². The van der Waals surface area contributed by atoms with Crippen molar-refractivity contribution in [3.05, 3.63) is 34.3 Å². The molecule has 1 saturated heterocycles. The molecule has 0 aromatic heterocycles. The highest BCUT2D eigenvalue weighted by atomic mass is 79.9. The lowest BCUT2D eigenvalue weighted by Gasteiger charge is -2.34. The molecule has 122 valence electrons. The number of benzene rings is 1. The number of rotatable bonds is 3. The molecule has 0 N–H and O–H groups in total. The second-order valence-corrected chi connectivity index (χ2v) is 6.25. The van der Waals surface area contributed by atoms with Crippen molar-refractivity contribution in [3.8, 4) is 0 Å². The van der Waals surface area contributed by atoms with E-state index in [1.807, 2.05) is 0 Å². The van der Waals surface area contributed by atoms with E-state index in [0.29, 0.717) is 30.5 Å². The summed E-state index contributed by atoms with van der Waals surface area (Å²) in [6, 6.07) is 3.92. The van der Waals surface area contributed by atoms with E-state index in [0.717, 1.165) is 4.90 Å². The van der Waals surface area contributed by atoms with Crippen LogP contribution in [0.5, 0.6) is 0 Å². The molecule has 1 aromatic carbocycles. The van der Waals surface area contributed by atoms with E-state index in [2.05, 4.69) is 15.9 Å². The minimum atomic E-state index is -4.52. The Hall–Kier alpha value is -1.08. The van der Waals surface area contributed by atoms with Crippen LogP contribution < -0.4 is 0 Å². The monoisotopic (exact) mass is 379 g/mol. The Balaban J connectivity index is 2.24. The summed E-state index contributed by atoms with van der Waals surface area (Å²) in [5, 5.41) is 0. The average molecular weight is 380 g/mol. The number of nitrogens with zero attached hydrogens (tertiary/aromatic N) is 1. The second-order valence-electron chi connectivity index (χ2n) is 5.33. The Bertz CT molecular complexity index is 513. The zero-order chi connectivity index (χ0) is 16.3. The van der Waals surface area contributed by atoms with Crippen LogP contribution in [0.3, 0.4) is 0 Å². The minimum absolute atomic E-state index is 0.0543. The van der Waals surface area contributed by atoms with Crippen molar-refractivity contribution in [1.82, 2.24) is 4.90 Å². The fourth-order valence-electron chi connectivity index (χ4n) is 2.64. The van der Waals surface area contributed by atoms with Gasteiger partial charge in [-0.3, -0.25) is 4.79 Å². The normalized spacial score (nSPS) is 18.0. The van der Waals surface area contributed by atoms with E-state index in [9.17, 15) is 18.0 Å². The number of carbonyl (C=O) groups excluding carboxylic acids is 1. The number of ether oxygens (including phenoxy) is 1. The lowest BCUT2D eigenvalue weighted by Crippen LogP contribution is -2.43. The Kier molecular flexibility index (Phi) is 5.50. The lowest BCUT2D eigenvalue weighted by atomic mass is 9.96. The molecule has 1 aromatic rings. The molecule has 0 radical (unpaired) electrons. The number of halogens is 4. The summed E-state index contributed by atoms with van der Waals surface area (Å²) in [6.45, 7) is 0.832. The molecule has 1 aliphatic heterocycles. The maximum absolute atomic E-state index is 13.5. The third-order valence-electron chi connectivity index (χ3n) is 3.80. The fraction of sp³-hybridized carbons (Fsp3) is 0.533. The third kappa shape index (κ3) is 4.01. The molecular weight excluding hydrogens is 363 g/mol. The quantitative estimate of drug-likeness (QED) is 0.795. The first kappa shape index (κ1) is 17.3. The number of hydrogen-bond acceptors (Lipinski definition) is 2. The van der Waals surface area contributed by atoms with E-state index >= 15 is 0 Å². The van der Waals surface area contributed by atoms with Gasteiger partial charge in [0.25, 0.3) is 0 Å². The number of hydrogen-bond donors (Lipinski definition) is 0. The van der Waals surface area contributed by atoms with E-state index < -0.39 is 24.0 Å². The Morgan fingerprint density at radius 2 is 1.82 bits per heavy atom. The molecule has 22 heavy (non-hydrogen) atoms. The summed E-state index contributed by atoms with van der Waals surface area (Å²) < 4.78 is 46.2. The molecular formula is C15H17BrF3NO2. The van der Waals surface area contributed by atoms with Crippen molar-refractivity contribution in [3.63, 3.8) is 0 Å². The first-order chi connectivity index (χ1) is 10.3. The van der Waals surface area contributed by atoms with Crippen molar-refractivity contribution in [2.75, 3.05) is 20.3 Å². The topological polar surface area (TPSA) is 29.5 Å². The van der Waals surface area contributed by atoms with Crippen molar-refractivity contribution >= 4 is 21.8 Å². The summed E-state index contributed by atoms with van der Waals surface area (Å²) in [6.07, 6.45) is -3.59. The average Bonchev–Trinajstić information content (AvgIpc) is 2.48. The van der Waals surface area contributed by atoms with Gasteiger partial charge in [0.1, 0.15) is 0 Å². The van der Waals surface area contributed by atoms with Gasteiger partial charge in [-0.1, -0.05) is 28.1 Å². The van der Waals surface area contributed by atoms with E-state index in [1.54, 1.807) is 12.1 Å². The fourth-order valence-corrected chi connectivity index (χ4v) is 2.90. The van der Waals surface area contributed by atoms with Gasteiger partial charge in [-0.05, 0) is 30.5 Å². The van der Waals surface area contributed by atoms with Gasteiger partial charge in [0.15, 0.2) is 6.04 Å². The Morgan fingerprint density at radius 3 is 2.32 bits per heavy atom. The van der Waals surface area contributed by atoms with Gasteiger partial charge in [0.05, 0.1) is 0 Å². The summed E-state index contributed by atoms with van der Waals surface area (Å²) in [4.78, 5) is 13.2. The maximum atomic E-state index is 13.5. The van der Waals surface area contributed by atoms with Crippen LogP contribution >= 0.6 is 15.9 Å². The largest absolute Gasteiger partial charge is 0.413 e. The standard InChI is InChI=1S/C15H17BrF3NO2/c1-20(14(21)11-6-8-22-9-7-11)13(15(17,18)19)10-2-4-12(16)5-3-10/h2-5,11,13H,6-9H2,1H3/t13-/m0/s1. The summed E-state index contributed by atoms with van der Waals surface area (Å²) in [5.74, 6) is -0.882. The predicted octanol–water partition coefficient (Wildman–Crippen LogP) is 3.94. The van der Waals surface area contributed by atoms with Gasteiger partial charge in [0.2, 0.25) is 5.91 Å². The smallest absolute Gasteiger partial charge is 0.381 e. The molecule has 1 amide bonds. The molecule has 7 heteroatoms. The molecule has 0 aliphatic carbocycles. The number of alkyl halides is 3. The number of carbonyl (C=O) groups is 1. The highest BCUT2D eigenvalue weighted by Gasteiger charge is 2.46. The zero-order valence-electron chi connectivity index (χ0n) is 12.1. The van der Waals surface area contributed by atoms with Gasteiger partial charge in [-0.2, -0.15) is 13.2 Å². The van der Waals surface area contributed by atoms with Crippen LogP contribution in [0.15, 0.2) is 28.7 Å². The minimum Gasteiger partial charge on any atom is -0.381 e. The van der Waals surface area contributed by atoms with Gasteiger partial charge in [-0.25, -0.2) is 0 Å². The molecule has 0 unspecified atom stereocenters. The molecule has 0 bridgehead atoms. The van der Waals surface area contributed by atoms with Crippen LogP contribution in [0.1, 0.15) is 24.4 Å². The van der Waals surface area contributed by atoms with Crippen LogP contribution in [-0.2, 0) is 9.53 Å². The third-order valence-corrected chi connectivity index (χ3v) is 4.33. The van der Waals surface area contributed by atoms with Gasteiger partial charge in [0, 0.05) is 30.7 Å². The van der Waals surface area contributed by atoms with Gasteiger partial charge in [-0.15, -0.1) is 0 Å². The highest BCUT2D eigenvalue weighted by Crippen LogP contribution is 2.38. The van der Waals surface area contributed by atoms with Crippen LogP contribution in [-0.4, -0.2) is 37.2 Å². The molecule has 0 saturated carbocycles. The Labute approximate surface area is 135 Å². The van der Waals surface area contributed by atoms with E-state index in [4.69, 9.17) is 4.74 Å².